The maximum Gasteiger partial charge on any atom is 0.305 e. The number of rotatable bonds is 7. The summed E-state index contributed by atoms with van der Waals surface area (Å²) in [6, 6.07) is 13.3. The van der Waals surface area contributed by atoms with Crippen LogP contribution >= 0.6 is 11.6 Å². The summed E-state index contributed by atoms with van der Waals surface area (Å²) in [5.74, 6) is -1.67. The predicted molar refractivity (Wildman–Crippen MR) is 126 cm³/mol. The maximum atomic E-state index is 13.0. The lowest BCUT2D eigenvalue weighted by Crippen LogP contribution is -2.30. The van der Waals surface area contributed by atoms with E-state index in [1.165, 1.54) is 11.1 Å². The molecule has 7 nitrogen and oxygen atoms in total. The number of hydrogen-bond acceptors (Lipinski definition) is 4. The minimum Gasteiger partial charge on any atom is -0.481 e. The van der Waals surface area contributed by atoms with Crippen LogP contribution in [0, 0.1) is 6.92 Å². The molecule has 0 spiro atoms. The Labute approximate surface area is 197 Å². The lowest BCUT2D eigenvalue weighted by molar-refractivity contribution is -0.137. The summed E-state index contributed by atoms with van der Waals surface area (Å²) in [6.07, 6.45) is 2.76. The summed E-state index contributed by atoms with van der Waals surface area (Å²) < 4.78 is 0. The van der Waals surface area contributed by atoms with Crippen molar-refractivity contribution in [2.24, 2.45) is 0 Å². The fraction of sp³-hybridized carbons (Fsp3) is 0.200. The monoisotopic (exact) mass is 465 g/mol. The van der Waals surface area contributed by atoms with Crippen LogP contribution in [0.4, 0.5) is 0 Å². The highest BCUT2D eigenvalue weighted by Crippen LogP contribution is 2.27. The van der Waals surface area contributed by atoms with Crippen LogP contribution in [-0.2, 0) is 4.79 Å². The molecule has 0 aliphatic carbocycles. The zero-order valence-electron chi connectivity index (χ0n) is 18.5. The number of aromatic nitrogens is 1. The number of carbonyl (C=O) groups is 3. The molecule has 0 saturated heterocycles. The average molecular weight is 466 g/mol. The van der Waals surface area contributed by atoms with Gasteiger partial charge < -0.3 is 15.3 Å². The van der Waals surface area contributed by atoms with E-state index in [9.17, 15) is 19.5 Å². The van der Waals surface area contributed by atoms with Crippen LogP contribution in [0.1, 0.15) is 44.3 Å². The summed E-state index contributed by atoms with van der Waals surface area (Å²) in [6.45, 7) is 1.87. The normalized spacial score (nSPS) is 11.5. The molecule has 2 aromatic carbocycles. The van der Waals surface area contributed by atoms with Gasteiger partial charge in [-0.05, 0) is 41.8 Å². The molecule has 0 saturated carbocycles. The molecule has 1 atom stereocenters. The number of aliphatic carboxylic acids is 1. The molecule has 0 aliphatic heterocycles. The van der Waals surface area contributed by atoms with Gasteiger partial charge in [-0.15, -0.1) is 0 Å². The molecule has 0 unspecified atom stereocenters. The van der Waals surface area contributed by atoms with Gasteiger partial charge in [0.25, 0.3) is 11.8 Å². The molecule has 2 amide bonds. The number of carbonyl (C=O) groups excluding carboxylic acids is 2. The van der Waals surface area contributed by atoms with E-state index in [1.807, 2.05) is 19.1 Å². The summed E-state index contributed by atoms with van der Waals surface area (Å²) in [4.78, 5) is 42.2. The second-order valence-corrected chi connectivity index (χ2v) is 8.24. The van der Waals surface area contributed by atoms with Crippen molar-refractivity contribution in [1.82, 2.24) is 15.2 Å². The molecule has 1 aromatic heterocycles. The molecule has 2 N–H and O–H groups in total. The van der Waals surface area contributed by atoms with Crippen molar-refractivity contribution in [3.05, 3.63) is 88.2 Å². The van der Waals surface area contributed by atoms with Crippen LogP contribution in [-0.4, -0.2) is 46.9 Å². The second-order valence-electron chi connectivity index (χ2n) is 7.84. The van der Waals surface area contributed by atoms with Crippen molar-refractivity contribution in [3.63, 3.8) is 0 Å². The Morgan fingerprint density at radius 1 is 1.06 bits per heavy atom. The van der Waals surface area contributed by atoms with E-state index in [-0.39, 0.29) is 17.9 Å². The van der Waals surface area contributed by atoms with Gasteiger partial charge >= 0.3 is 5.97 Å². The molecule has 3 rings (SSSR count). The zero-order chi connectivity index (χ0) is 24.1. The molecule has 0 aliphatic rings. The van der Waals surface area contributed by atoms with Gasteiger partial charge in [-0.2, -0.15) is 0 Å². The van der Waals surface area contributed by atoms with Crippen LogP contribution in [0.5, 0.6) is 0 Å². The van der Waals surface area contributed by atoms with Crippen LogP contribution in [0.3, 0.4) is 0 Å². The van der Waals surface area contributed by atoms with Gasteiger partial charge in [0.15, 0.2) is 0 Å². The first kappa shape index (κ1) is 23.9. The summed E-state index contributed by atoms with van der Waals surface area (Å²) in [5.41, 5.74) is 3.61. The molecule has 170 valence electrons. The molecule has 0 bridgehead atoms. The standard InChI is InChI=1S/C25H24ClN3O4/c1-15-6-4-5-7-19(15)22(12-23(30)31)28-24(32)18-10-17(13-27-14-18)16-8-9-20(21(26)11-16)25(33)29(2)3/h4-11,13-14,22H,12H2,1-3H3,(H,28,32)(H,30,31)/t22-/m0/s1. The van der Waals surface area contributed by atoms with Gasteiger partial charge in [0, 0.05) is 32.1 Å². The van der Waals surface area contributed by atoms with E-state index < -0.39 is 17.9 Å². The highest BCUT2D eigenvalue weighted by Gasteiger charge is 2.21. The first-order valence-corrected chi connectivity index (χ1v) is 10.6. The van der Waals surface area contributed by atoms with Crippen molar-refractivity contribution >= 4 is 29.4 Å². The van der Waals surface area contributed by atoms with E-state index in [0.29, 0.717) is 21.7 Å². The quantitative estimate of drug-likeness (QED) is 0.540. The number of carboxylic acid groups (broad SMARTS) is 1. The molecule has 8 heteroatoms. The van der Waals surface area contributed by atoms with E-state index in [1.54, 1.807) is 56.7 Å². The van der Waals surface area contributed by atoms with Crippen molar-refractivity contribution < 1.29 is 19.5 Å². The number of pyridine rings is 1. The third-order valence-corrected chi connectivity index (χ3v) is 5.50. The number of nitrogens with one attached hydrogen (secondary N) is 1. The predicted octanol–water partition coefficient (Wildman–Crippen LogP) is 4.36. The number of aryl methyl sites for hydroxylation is 1. The van der Waals surface area contributed by atoms with Crippen LogP contribution in [0.25, 0.3) is 11.1 Å². The van der Waals surface area contributed by atoms with Gasteiger partial charge in [0.1, 0.15) is 0 Å². The lowest BCUT2D eigenvalue weighted by Gasteiger charge is -2.19. The lowest BCUT2D eigenvalue weighted by atomic mass is 9.98. The minimum atomic E-state index is -1.02. The number of amides is 2. The molecule has 1 heterocycles. The Morgan fingerprint density at radius 2 is 1.79 bits per heavy atom. The minimum absolute atomic E-state index is 0.210. The first-order valence-electron chi connectivity index (χ1n) is 10.2. The zero-order valence-corrected chi connectivity index (χ0v) is 19.3. The third-order valence-electron chi connectivity index (χ3n) is 5.19. The molecule has 0 fully saturated rings. The second kappa shape index (κ2) is 10.3. The van der Waals surface area contributed by atoms with Gasteiger partial charge in [-0.25, -0.2) is 0 Å². The fourth-order valence-corrected chi connectivity index (χ4v) is 3.73. The summed E-state index contributed by atoms with van der Waals surface area (Å²) >= 11 is 6.32. The molecule has 3 aromatic rings. The molecule has 0 radical (unpaired) electrons. The van der Waals surface area contributed by atoms with E-state index in [0.717, 1.165) is 11.1 Å². The summed E-state index contributed by atoms with van der Waals surface area (Å²) in [7, 11) is 3.29. The van der Waals surface area contributed by atoms with Gasteiger partial charge in [-0.3, -0.25) is 19.4 Å². The SMILES string of the molecule is Cc1ccccc1[C@H](CC(=O)O)NC(=O)c1cncc(-c2ccc(C(=O)N(C)C)c(Cl)c2)c1. The smallest absolute Gasteiger partial charge is 0.305 e. The third kappa shape index (κ3) is 5.75. The van der Waals surface area contributed by atoms with Crippen LogP contribution < -0.4 is 5.32 Å². The molecule has 33 heavy (non-hydrogen) atoms. The number of benzene rings is 2. The van der Waals surface area contributed by atoms with Crippen LogP contribution in [0.15, 0.2) is 60.9 Å². The number of halogens is 1. The maximum absolute atomic E-state index is 13.0. The van der Waals surface area contributed by atoms with Gasteiger partial charge in [0.2, 0.25) is 0 Å². The van der Waals surface area contributed by atoms with Crippen LogP contribution in [0.2, 0.25) is 5.02 Å². The average Bonchev–Trinajstić information content (AvgIpc) is 2.78. The van der Waals surface area contributed by atoms with E-state index in [4.69, 9.17) is 11.6 Å². The highest BCUT2D eigenvalue weighted by atomic mass is 35.5. The van der Waals surface area contributed by atoms with E-state index >= 15 is 0 Å². The fourth-order valence-electron chi connectivity index (χ4n) is 3.46. The van der Waals surface area contributed by atoms with Crippen molar-refractivity contribution in [2.45, 2.75) is 19.4 Å². The molecular formula is C25H24ClN3O4. The Morgan fingerprint density at radius 3 is 2.42 bits per heavy atom. The van der Waals surface area contributed by atoms with Crippen molar-refractivity contribution in [1.29, 1.82) is 0 Å². The topological polar surface area (TPSA) is 99.6 Å². The van der Waals surface area contributed by atoms with Gasteiger partial charge in [0.05, 0.1) is 28.6 Å². The largest absolute Gasteiger partial charge is 0.481 e. The molecular weight excluding hydrogens is 442 g/mol. The van der Waals surface area contributed by atoms with Crippen molar-refractivity contribution in [2.75, 3.05) is 14.1 Å². The Bertz CT molecular complexity index is 1210. The number of carboxylic acids is 1. The summed E-state index contributed by atoms with van der Waals surface area (Å²) in [5, 5.41) is 12.4. The Kier molecular flexibility index (Phi) is 7.45. The Balaban J connectivity index is 1.87. The van der Waals surface area contributed by atoms with Gasteiger partial charge in [-0.1, -0.05) is 41.9 Å². The highest BCUT2D eigenvalue weighted by molar-refractivity contribution is 6.34. The first-order chi connectivity index (χ1) is 15.7. The number of nitrogens with zero attached hydrogens (tertiary/aromatic N) is 2. The Hall–Kier alpha value is -3.71. The number of hydrogen-bond donors (Lipinski definition) is 2. The van der Waals surface area contributed by atoms with E-state index in [2.05, 4.69) is 10.3 Å². The van der Waals surface area contributed by atoms with Crippen molar-refractivity contribution in [3.8, 4) is 11.1 Å².